The second-order valence-electron chi connectivity index (χ2n) is 19.3. The number of nitrogen functional groups attached to an aromatic ring is 1. The van der Waals surface area contributed by atoms with Crippen molar-refractivity contribution in [3.63, 3.8) is 0 Å². The van der Waals surface area contributed by atoms with E-state index in [9.17, 15) is 14.4 Å². The maximum absolute atomic E-state index is 15.3. The minimum absolute atomic E-state index is 0.00726. The zero-order valence-electron chi connectivity index (χ0n) is 35.4. The highest BCUT2D eigenvalue weighted by Crippen LogP contribution is 2.60. The highest BCUT2D eigenvalue weighted by Gasteiger charge is 2.61. The van der Waals surface area contributed by atoms with Crippen LogP contribution in [-0.2, 0) is 42.8 Å². The molecule has 5 aliphatic carbocycles. The number of benzene rings is 4. The Hall–Kier alpha value is -5.44. The molecule has 312 valence electrons. The van der Waals surface area contributed by atoms with Gasteiger partial charge < -0.3 is 21.1 Å². The van der Waals surface area contributed by atoms with Crippen LogP contribution in [0, 0.1) is 17.3 Å². The van der Waals surface area contributed by atoms with E-state index in [1.165, 1.54) is 16.7 Å². The van der Waals surface area contributed by atoms with Crippen molar-refractivity contribution in [2.75, 3.05) is 24.2 Å². The van der Waals surface area contributed by atoms with E-state index in [1.54, 1.807) is 4.90 Å². The van der Waals surface area contributed by atoms with Crippen molar-refractivity contribution >= 4 is 35.7 Å². The fraction of sp³-hybridized carbons (Fsp3) is 0.451. The molecule has 0 unspecified atom stereocenters. The van der Waals surface area contributed by atoms with Gasteiger partial charge in [0.1, 0.15) is 13.2 Å². The summed E-state index contributed by atoms with van der Waals surface area (Å²) < 4.78 is 5.66. The van der Waals surface area contributed by atoms with Crippen LogP contribution < -0.4 is 16.4 Å². The van der Waals surface area contributed by atoms with Crippen molar-refractivity contribution in [2.24, 2.45) is 17.3 Å². The Morgan fingerprint density at radius 2 is 1.37 bits per heavy atom. The topological polar surface area (TPSA) is 131 Å². The third-order valence-corrected chi connectivity index (χ3v) is 16.1. The first-order chi connectivity index (χ1) is 28.8. The molecule has 0 radical (unpaired) electrons. The molecule has 0 saturated heterocycles. The summed E-state index contributed by atoms with van der Waals surface area (Å²) in [4.78, 5) is 56.4. The first-order valence-corrected chi connectivity index (χ1v) is 22.0. The van der Waals surface area contributed by atoms with Crippen LogP contribution in [0.5, 0.6) is 0 Å². The zero-order valence-corrected chi connectivity index (χ0v) is 35.4. The smallest absolute Gasteiger partial charge is 0.407 e. The van der Waals surface area contributed by atoms with Gasteiger partial charge in [-0.25, -0.2) is 4.79 Å². The van der Waals surface area contributed by atoms with Crippen LogP contribution in [-0.4, -0.2) is 47.9 Å². The summed E-state index contributed by atoms with van der Waals surface area (Å²) in [7, 11) is 0. The van der Waals surface area contributed by atoms with E-state index in [2.05, 4.69) is 86.9 Å². The van der Waals surface area contributed by atoms with Crippen molar-refractivity contribution in [3.05, 3.63) is 118 Å². The van der Waals surface area contributed by atoms with Crippen molar-refractivity contribution < 1.29 is 23.9 Å². The fourth-order valence-corrected chi connectivity index (χ4v) is 13.2. The lowest BCUT2D eigenvalue weighted by atomic mass is 9.48. The predicted molar refractivity (Wildman–Crippen MR) is 234 cm³/mol. The molecule has 4 amide bonds. The SMILES string of the molecule is C[C@]1(N(C=O)C(=O)[C@@]2(C)CCC[C@]3(C)c4cc(NC(=O)CNC(=O)OCC5c6ccccc6-c6ccccc65)ccc4CC[C@@H]23)CCC[C@]2(C)c3cc(N)ccc3CC[C@@H]12. The lowest BCUT2D eigenvalue weighted by Crippen LogP contribution is -2.66. The molecule has 0 aromatic heterocycles. The summed E-state index contributed by atoms with van der Waals surface area (Å²) in [5.74, 6) is -0.346. The van der Waals surface area contributed by atoms with E-state index in [-0.39, 0.29) is 53.5 Å². The summed E-state index contributed by atoms with van der Waals surface area (Å²) >= 11 is 0. The second kappa shape index (κ2) is 14.9. The van der Waals surface area contributed by atoms with Crippen LogP contribution in [0.25, 0.3) is 11.1 Å². The normalized spacial score (nSPS) is 28.7. The third kappa shape index (κ3) is 6.33. The number of nitrogens with one attached hydrogen (secondary N) is 2. The summed E-state index contributed by atoms with van der Waals surface area (Å²) in [6.07, 6.45) is 8.89. The van der Waals surface area contributed by atoms with E-state index >= 15 is 4.79 Å². The van der Waals surface area contributed by atoms with Gasteiger partial charge in [0.25, 0.3) is 0 Å². The van der Waals surface area contributed by atoms with Gasteiger partial charge in [0.05, 0.1) is 11.0 Å². The van der Waals surface area contributed by atoms with Crippen LogP contribution in [0.2, 0.25) is 0 Å². The molecular formula is C51H58N4O5. The standard InChI is InChI=1S/C51H58N4O5/c1-48-23-9-25-50(3,46(58)55(31-56)51(4)26-10-24-49(2)41-27-34(52)19-15-32(41)18-22-44(49)51)43(48)21-17-33-16-20-35(28-42(33)48)54-45(57)29-53-47(59)60-30-40-38-13-7-5-11-36(38)37-12-6-8-14-39(37)40/h5-8,11-16,19-20,27-28,31,40,43-44H,9-10,17-18,21-26,29-30,52H2,1-4H3,(H,53,59)(H,54,57)/t43-,44-,48-,49-,50+,51+/m1/s1. The van der Waals surface area contributed by atoms with Crippen molar-refractivity contribution in [2.45, 2.75) is 114 Å². The Morgan fingerprint density at radius 3 is 2.05 bits per heavy atom. The number of imide groups is 1. The van der Waals surface area contributed by atoms with Gasteiger partial charge in [-0.15, -0.1) is 0 Å². The van der Waals surface area contributed by atoms with Crippen molar-refractivity contribution in [3.8, 4) is 11.1 Å². The molecule has 9 nitrogen and oxygen atoms in total. The Morgan fingerprint density at radius 1 is 0.767 bits per heavy atom. The third-order valence-electron chi connectivity index (χ3n) is 16.1. The molecule has 0 aliphatic heterocycles. The van der Waals surface area contributed by atoms with Gasteiger partial charge in [-0.1, -0.05) is 94.3 Å². The number of rotatable bonds is 8. The Labute approximate surface area is 353 Å². The number of amides is 4. The maximum atomic E-state index is 15.3. The van der Waals surface area contributed by atoms with Crippen molar-refractivity contribution in [1.29, 1.82) is 0 Å². The number of nitrogens with zero attached hydrogens (tertiary/aromatic N) is 1. The molecule has 0 spiro atoms. The summed E-state index contributed by atoms with van der Waals surface area (Å²) in [5.41, 5.74) is 15.4. The highest BCUT2D eigenvalue weighted by molar-refractivity contribution is 5.94. The van der Waals surface area contributed by atoms with E-state index in [0.29, 0.717) is 5.69 Å². The maximum Gasteiger partial charge on any atom is 0.407 e. The average molecular weight is 807 g/mol. The minimum atomic E-state index is -0.744. The first kappa shape index (κ1) is 40.0. The van der Waals surface area contributed by atoms with E-state index in [0.717, 1.165) is 104 Å². The number of hydrogen-bond donors (Lipinski definition) is 3. The lowest BCUT2D eigenvalue weighted by Gasteiger charge is -2.60. The number of anilines is 2. The Bertz CT molecular complexity index is 2350. The Kier molecular flexibility index (Phi) is 9.95. The summed E-state index contributed by atoms with van der Waals surface area (Å²) in [6, 6.07) is 28.7. The molecule has 4 aromatic rings. The first-order valence-electron chi connectivity index (χ1n) is 22.0. The van der Waals surface area contributed by atoms with Crippen LogP contribution >= 0.6 is 0 Å². The molecule has 6 atom stereocenters. The number of nitrogens with two attached hydrogens (primary N) is 1. The number of fused-ring (bicyclic) bond motifs is 9. The fourth-order valence-electron chi connectivity index (χ4n) is 13.2. The summed E-state index contributed by atoms with van der Waals surface area (Å²) in [5, 5.41) is 5.64. The molecule has 0 bridgehead atoms. The quantitative estimate of drug-likeness (QED) is 0.120. The van der Waals surface area contributed by atoms with Gasteiger partial charge >= 0.3 is 6.09 Å². The predicted octanol–water partition coefficient (Wildman–Crippen LogP) is 9.20. The minimum Gasteiger partial charge on any atom is -0.449 e. The average Bonchev–Trinajstić information content (AvgIpc) is 3.56. The molecule has 9 heteroatoms. The largest absolute Gasteiger partial charge is 0.449 e. The van der Waals surface area contributed by atoms with Crippen molar-refractivity contribution in [1.82, 2.24) is 10.2 Å². The van der Waals surface area contributed by atoms with Crippen LogP contribution in [0.4, 0.5) is 16.2 Å². The number of aryl methyl sites for hydroxylation is 2. The Balaban J connectivity index is 0.884. The van der Waals surface area contributed by atoms with Crippen LogP contribution in [0.15, 0.2) is 84.9 Å². The van der Waals surface area contributed by atoms with Gasteiger partial charge in [-0.2, -0.15) is 0 Å². The monoisotopic (exact) mass is 806 g/mol. The molecule has 9 rings (SSSR count). The highest BCUT2D eigenvalue weighted by atomic mass is 16.5. The molecular weight excluding hydrogens is 749 g/mol. The van der Waals surface area contributed by atoms with Gasteiger partial charge in [0.2, 0.25) is 18.2 Å². The number of carbonyl (C=O) groups excluding carboxylic acids is 4. The molecule has 2 saturated carbocycles. The van der Waals surface area contributed by atoms with E-state index in [1.807, 2.05) is 36.4 Å². The zero-order chi connectivity index (χ0) is 42.0. The lowest BCUT2D eigenvalue weighted by molar-refractivity contribution is -0.166. The van der Waals surface area contributed by atoms with Gasteiger partial charge in [-0.3, -0.25) is 19.3 Å². The van der Waals surface area contributed by atoms with Gasteiger partial charge in [0.15, 0.2) is 0 Å². The number of ether oxygens (including phenoxy) is 1. The van der Waals surface area contributed by atoms with Crippen LogP contribution in [0.1, 0.15) is 118 Å². The number of hydrogen-bond acceptors (Lipinski definition) is 6. The molecule has 4 N–H and O–H groups in total. The molecule has 5 aliphatic rings. The van der Waals surface area contributed by atoms with Gasteiger partial charge in [0, 0.05) is 17.3 Å². The molecule has 4 aromatic carbocycles. The molecule has 60 heavy (non-hydrogen) atoms. The van der Waals surface area contributed by atoms with Crippen LogP contribution in [0.3, 0.4) is 0 Å². The second-order valence-corrected chi connectivity index (χ2v) is 19.3. The van der Waals surface area contributed by atoms with E-state index in [4.69, 9.17) is 10.5 Å². The van der Waals surface area contributed by atoms with E-state index < -0.39 is 17.0 Å². The van der Waals surface area contributed by atoms with Gasteiger partial charge in [-0.05, 0) is 150 Å². The summed E-state index contributed by atoms with van der Waals surface area (Å²) in [6.45, 7) is 8.81. The number of alkyl carbamates (subject to hydrolysis) is 1. The molecule has 0 heterocycles. The number of carbonyl (C=O) groups is 4. The molecule has 2 fully saturated rings.